The van der Waals surface area contributed by atoms with E-state index in [1.165, 1.54) is 0 Å². The van der Waals surface area contributed by atoms with Crippen LogP contribution in [0.4, 0.5) is 0 Å². The number of hydrogen-bond acceptors (Lipinski definition) is 6. The van der Waals surface area contributed by atoms with Gasteiger partial charge in [0, 0.05) is 6.07 Å². The van der Waals surface area contributed by atoms with Crippen molar-refractivity contribution in [1.29, 1.82) is 0 Å². The smallest absolute Gasteiger partial charge is 0.355 e. The molecule has 8 nitrogen and oxygen atoms in total. The number of aromatic nitrogens is 2. The third-order valence-electron chi connectivity index (χ3n) is 4.55. The highest BCUT2D eigenvalue weighted by molar-refractivity contribution is 5.88. The minimum Gasteiger partial charge on any atom is -0.460 e. The van der Waals surface area contributed by atoms with E-state index in [2.05, 4.69) is 25.8 Å². The molecule has 0 radical (unpaired) electrons. The molecular weight excluding hydrogens is 328 g/mol. The van der Waals surface area contributed by atoms with Crippen molar-refractivity contribution in [2.75, 3.05) is 6.61 Å². The molecule has 8 heteroatoms. The summed E-state index contributed by atoms with van der Waals surface area (Å²) in [5.41, 5.74) is -1.86. The van der Waals surface area contributed by atoms with Crippen molar-refractivity contribution in [3.8, 4) is 0 Å². The molecule has 1 aromatic heterocycles. The summed E-state index contributed by atoms with van der Waals surface area (Å²) in [6.45, 7) is 5.76. The molecule has 0 aromatic carbocycles. The Kier molecular flexibility index (Phi) is 6.17. The average Bonchev–Trinajstić information content (AvgIpc) is 2.51. The molecule has 3 atom stereocenters. The van der Waals surface area contributed by atoms with Crippen LogP contribution in [0.2, 0.25) is 0 Å². The maximum absolute atomic E-state index is 12.0. The molecule has 0 spiro atoms. The van der Waals surface area contributed by atoms with Gasteiger partial charge in [0.25, 0.3) is 5.56 Å². The summed E-state index contributed by atoms with van der Waals surface area (Å²) in [4.78, 5) is 50.2. The van der Waals surface area contributed by atoms with Gasteiger partial charge in [-0.2, -0.15) is 0 Å². The van der Waals surface area contributed by atoms with Gasteiger partial charge in [-0.25, -0.2) is 14.4 Å². The Morgan fingerprint density at radius 2 is 1.96 bits per heavy atom. The van der Waals surface area contributed by atoms with Crippen LogP contribution >= 0.6 is 0 Å². The Morgan fingerprint density at radius 1 is 1.24 bits per heavy atom. The molecule has 0 aliphatic heterocycles. The van der Waals surface area contributed by atoms with Crippen molar-refractivity contribution in [3.05, 3.63) is 32.6 Å². The molecule has 2 N–H and O–H groups in total. The number of esters is 2. The van der Waals surface area contributed by atoms with Crippen LogP contribution in [-0.2, 0) is 14.3 Å². The normalized spacial score (nSPS) is 23.3. The van der Waals surface area contributed by atoms with Crippen LogP contribution in [0.5, 0.6) is 0 Å². The summed E-state index contributed by atoms with van der Waals surface area (Å²) < 4.78 is 10.3. The molecule has 1 saturated carbocycles. The highest BCUT2D eigenvalue weighted by atomic mass is 16.6. The van der Waals surface area contributed by atoms with Crippen LogP contribution in [0.1, 0.15) is 50.5 Å². The van der Waals surface area contributed by atoms with Crippen LogP contribution in [0.3, 0.4) is 0 Å². The van der Waals surface area contributed by atoms with Gasteiger partial charge in [-0.3, -0.25) is 9.78 Å². The molecule has 0 amide bonds. The van der Waals surface area contributed by atoms with Crippen LogP contribution in [-0.4, -0.2) is 34.6 Å². The highest BCUT2D eigenvalue weighted by Crippen LogP contribution is 2.35. The van der Waals surface area contributed by atoms with E-state index in [1.54, 1.807) is 0 Å². The van der Waals surface area contributed by atoms with Gasteiger partial charge in [0.1, 0.15) is 11.8 Å². The standard InChI is InChI=1S/C17H24N2O6/c1-9(2)11-5-4-10(3)6-13(11)25-15(21)8-24-16(22)12-7-14(20)19-17(23)18-12/h7,9-11,13H,4-6,8H2,1-3H3,(H2,18,19,20,23)/t10-,11+,13+/m0/s1. The van der Waals surface area contributed by atoms with Crippen molar-refractivity contribution >= 4 is 11.9 Å². The SMILES string of the molecule is CC(C)[C@H]1CC[C@H](C)C[C@H]1OC(=O)COC(=O)c1cc(=O)[nH]c(=O)[nH]1. The second-order valence-corrected chi connectivity index (χ2v) is 6.93. The molecule has 1 fully saturated rings. The van der Waals surface area contributed by atoms with Crippen molar-refractivity contribution < 1.29 is 19.1 Å². The van der Waals surface area contributed by atoms with E-state index in [0.29, 0.717) is 17.8 Å². The predicted octanol–water partition coefficient (Wildman–Crippen LogP) is 1.22. The van der Waals surface area contributed by atoms with E-state index in [1.807, 2.05) is 4.98 Å². The largest absolute Gasteiger partial charge is 0.460 e. The second kappa shape index (κ2) is 8.13. The van der Waals surface area contributed by atoms with E-state index in [-0.39, 0.29) is 11.8 Å². The van der Waals surface area contributed by atoms with Crippen LogP contribution in [0.25, 0.3) is 0 Å². The minimum atomic E-state index is -0.961. The zero-order valence-corrected chi connectivity index (χ0v) is 14.7. The molecule has 138 valence electrons. The highest BCUT2D eigenvalue weighted by Gasteiger charge is 2.33. The van der Waals surface area contributed by atoms with E-state index in [0.717, 1.165) is 25.3 Å². The molecule has 1 aromatic rings. The molecule has 25 heavy (non-hydrogen) atoms. The lowest BCUT2D eigenvalue weighted by atomic mass is 9.75. The molecule has 2 rings (SSSR count). The van der Waals surface area contributed by atoms with Crippen LogP contribution in [0, 0.1) is 17.8 Å². The first-order valence-electron chi connectivity index (χ1n) is 8.46. The van der Waals surface area contributed by atoms with Gasteiger partial charge in [0.15, 0.2) is 6.61 Å². The van der Waals surface area contributed by atoms with Gasteiger partial charge in [-0.05, 0) is 30.6 Å². The fraction of sp³-hybridized carbons (Fsp3) is 0.647. The first-order valence-corrected chi connectivity index (χ1v) is 8.46. The monoisotopic (exact) mass is 352 g/mol. The Labute approximate surface area is 144 Å². The maximum atomic E-state index is 12.0. The van der Waals surface area contributed by atoms with E-state index in [4.69, 9.17) is 9.47 Å². The third kappa shape index (κ3) is 5.30. The summed E-state index contributed by atoms with van der Waals surface area (Å²) in [6.07, 6.45) is 2.73. The van der Waals surface area contributed by atoms with Gasteiger partial charge in [-0.1, -0.05) is 27.2 Å². The first kappa shape index (κ1) is 19.0. The summed E-state index contributed by atoms with van der Waals surface area (Å²) in [7, 11) is 0. The van der Waals surface area contributed by atoms with Gasteiger partial charge in [0.2, 0.25) is 0 Å². The Bertz CT molecular complexity index is 707. The van der Waals surface area contributed by atoms with Crippen LogP contribution < -0.4 is 11.2 Å². The zero-order valence-electron chi connectivity index (χ0n) is 14.7. The van der Waals surface area contributed by atoms with E-state index >= 15 is 0 Å². The molecule has 1 aliphatic carbocycles. The molecule has 1 heterocycles. The van der Waals surface area contributed by atoms with Gasteiger partial charge in [0.05, 0.1) is 0 Å². The molecule has 0 bridgehead atoms. The predicted molar refractivity (Wildman–Crippen MR) is 89.2 cm³/mol. The lowest BCUT2D eigenvalue weighted by Crippen LogP contribution is -2.37. The Morgan fingerprint density at radius 3 is 2.60 bits per heavy atom. The van der Waals surface area contributed by atoms with Crippen LogP contribution in [0.15, 0.2) is 15.7 Å². The number of hydrogen-bond donors (Lipinski definition) is 2. The van der Waals surface area contributed by atoms with E-state index < -0.39 is 29.8 Å². The summed E-state index contributed by atoms with van der Waals surface area (Å²) >= 11 is 0. The van der Waals surface area contributed by atoms with E-state index in [9.17, 15) is 19.2 Å². The fourth-order valence-electron chi connectivity index (χ4n) is 3.23. The third-order valence-corrected chi connectivity index (χ3v) is 4.55. The Balaban J connectivity index is 1.92. The topological polar surface area (TPSA) is 118 Å². The van der Waals surface area contributed by atoms with Crippen molar-refractivity contribution in [2.24, 2.45) is 17.8 Å². The van der Waals surface area contributed by atoms with Crippen molar-refractivity contribution in [3.63, 3.8) is 0 Å². The summed E-state index contributed by atoms with van der Waals surface area (Å²) in [5, 5.41) is 0. The number of carbonyl (C=O) groups is 2. The zero-order chi connectivity index (χ0) is 18.6. The quantitative estimate of drug-likeness (QED) is 0.769. The van der Waals surface area contributed by atoms with Crippen molar-refractivity contribution in [1.82, 2.24) is 9.97 Å². The maximum Gasteiger partial charge on any atom is 0.355 e. The lowest BCUT2D eigenvalue weighted by Gasteiger charge is -2.36. The first-order chi connectivity index (χ1) is 11.8. The van der Waals surface area contributed by atoms with Gasteiger partial charge in [-0.15, -0.1) is 0 Å². The molecule has 0 unspecified atom stereocenters. The number of carbonyl (C=O) groups excluding carboxylic acids is 2. The summed E-state index contributed by atoms with van der Waals surface area (Å²) in [5.74, 6) is -0.423. The lowest BCUT2D eigenvalue weighted by molar-refractivity contribution is -0.159. The second-order valence-electron chi connectivity index (χ2n) is 6.93. The number of aromatic amines is 2. The number of H-pyrrole nitrogens is 2. The van der Waals surface area contributed by atoms with Gasteiger partial charge >= 0.3 is 17.6 Å². The summed E-state index contributed by atoms with van der Waals surface area (Å²) in [6, 6.07) is 0.896. The number of nitrogens with one attached hydrogen (secondary N) is 2. The molecule has 0 saturated heterocycles. The van der Waals surface area contributed by atoms with Gasteiger partial charge < -0.3 is 14.5 Å². The average molecular weight is 352 g/mol. The molecule has 1 aliphatic rings. The number of rotatable bonds is 5. The Hall–Kier alpha value is -2.38. The number of ether oxygens (including phenoxy) is 2. The van der Waals surface area contributed by atoms with Crippen molar-refractivity contribution in [2.45, 2.75) is 46.1 Å². The minimum absolute atomic E-state index is 0.186. The molecular formula is C17H24N2O6. The fourth-order valence-corrected chi connectivity index (χ4v) is 3.23.